The molecule has 0 saturated heterocycles. The maximum Gasteiger partial charge on any atom is 0.472 e. The fourth-order valence-corrected chi connectivity index (χ4v) is 8.50. The Hall–Kier alpha value is -0.800. The van der Waals surface area contributed by atoms with E-state index in [1.54, 1.807) is 0 Å². The van der Waals surface area contributed by atoms with Crippen LogP contribution in [0.5, 0.6) is 0 Å². The lowest BCUT2D eigenvalue weighted by Gasteiger charge is -2.20. The molecule has 0 aromatic rings. The van der Waals surface area contributed by atoms with Gasteiger partial charge in [0.25, 0.3) is 0 Å². The van der Waals surface area contributed by atoms with E-state index in [0.29, 0.717) is 6.61 Å². The van der Waals surface area contributed by atoms with Gasteiger partial charge in [0.15, 0.2) is 0 Å². The van der Waals surface area contributed by atoms with E-state index in [2.05, 4.69) is 26.0 Å². The number of aliphatic hydroxyl groups excluding tert-OH is 2. The van der Waals surface area contributed by atoms with Crippen LogP contribution in [0.3, 0.4) is 0 Å². The molecule has 0 rings (SSSR count). The summed E-state index contributed by atoms with van der Waals surface area (Å²) in [5.41, 5.74) is 0. The topological polar surface area (TPSA) is 132 Å². The number of allylic oxidation sites excluding steroid dienone is 2. The smallest absolute Gasteiger partial charge is 0.457 e. The van der Waals surface area contributed by atoms with Gasteiger partial charge >= 0.3 is 13.8 Å². The van der Waals surface area contributed by atoms with Crippen molar-refractivity contribution < 1.29 is 43.0 Å². The molecule has 0 aromatic carbocycles. The summed E-state index contributed by atoms with van der Waals surface area (Å²) < 4.78 is 33.5. The van der Waals surface area contributed by atoms with Crippen LogP contribution in [-0.4, -0.2) is 66.3 Å². The van der Waals surface area contributed by atoms with E-state index >= 15 is 0 Å². The van der Waals surface area contributed by atoms with E-state index in [0.717, 1.165) is 38.5 Å². The zero-order valence-corrected chi connectivity index (χ0v) is 41.1. The van der Waals surface area contributed by atoms with Crippen molar-refractivity contribution in [2.45, 2.75) is 276 Å². The largest absolute Gasteiger partial charge is 0.472 e. The van der Waals surface area contributed by atoms with Crippen LogP contribution in [0.4, 0.5) is 0 Å². The fraction of sp³-hybridized carbons (Fsp3) is 0.941. The average Bonchev–Trinajstić information content (AvgIpc) is 3.25. The molecule has 0 fully saturated rings. The minimum absolute atomic E-state index is 0.0541. The van der Waals surface area contributed by atoms with E-state index in [4.69, 9.17) is 23.6 Å². The third-order valence-electron chi connectivity index (χ3n) is 11.7. The van der Waals surface area contributed by atoms with Gasteiger partial charge in [-0.3, -0.25) is 13.8 Å². The maximum atomic E-state index is 12.7. The normalized spacial score (nSPS) is 13.9. The quantitative estimate of drug-likeness (QED) is 0.0236. The summed E-state index contributed by atoms with van der Waals surface area (Å²) in [6.07, 6.45) is 51.8. The summed E-state index contributed by atoms with van der Waals surface area (Å²) in [7, 11) is -4.52. The molecule has 0 aliphatic rings. The predicted octanol–water partition coefficient (Wildman–Crippen LogP) is 15.2. The molecule has 3 atom stereocenters. The van der Waals surface area contributed by atoms with Crippen molar-refractivity contribution in [1.29, 1.82) is 0 Å². The molecule has 0 spiro atoms. The lowest BCUT2D eigenvalue weighted by molar-refractivity contribution is -0.154. The van der Waals surface area contributed by atoms with Gasteiger partial charge in [-0.25, -0.2) is 4.57 Å². The molecule has 10 heteroatoms. The molecule has 3 unspecified atom stereocenters. The van der Waals surface area contributed by atoms with E-state index in [1.165, 1.54) is 205 Å². The molecule has 0 saturated carbocycles. The lowest BCUT2D eigenvalue weighted by atomic mass is 10.0. The Morgan fingerprint density at radius 2 is 0.836 bits per heavy atom. The molecule has 0 radical (unpaired) electrons. The van der Waals surface area contributed by atoms with Crippen molar-refractivity contribution >= 4 is 13.8 Å². The number of rotatable bonds is 51. The first kappa shape index (κ1) is 60.2. The van der Waals surface area contributed by atoms with Gasteiger partial charge < -0.3 is 24.6 Å². The number of hydrogen-bond acceptors (Lipinski definition) is 8. The summed E-state index contributed by atoms with van der Waals surface area (Å²) in [5, 5.41) is 18.4. The lowest BCUT2D eigenvalue weighted by Crippen LogP contribution is -2.29. The van der Waals surface area contributed by atoms with Crippen LogP contribution in [-0.2, 0) is 27.9 Å². The van der Waals surface area contributed by atoms with Gasteiger partial charge in [0.05, 0.1) is 26.4 Å². The summed E-state index contributed by atoms with van der Waals surface area (Å²) in [5.74, 6) is -0.381. The highest BCUT2D eigenvalue weighted by Crippen LogP contribution is 2.43. The van der Waals surface area contributed by atoms with Crippen LogP contribution >= 0.6 is 7.82 Å². The molecular formula is C51H101O9P. The van der Waals surface area contributed by atoms with E-state index < -0.39 is 33.2 Å². The molecule has 3 N–H and O–H groups in total. The SMILES string of the molecule is CCCCCCCC/C=C\CCCCCCCCCC(=O)OC(COCCCCCCCCCCCCCCCCCCCCCCCCC)COP(=O)(O)OCC(O)CO. The maximum absolute atomic E-state index is 12.7. The van der Waals surface area contributed by atoms with E-state index in [9.17, 15) is 19.4 Å². The van der Waals surface area contributed by atoms with Gasteiger partial charge in [-0.1, -0.05) is 231 Å². The molecule has 364 valence electrons. The number of phosphoric ester groups is 1. The monoisotopic (exact) mass is 889 g/mol. The second-order valence-electron chi connectivity index (χ2n) is 17.9. The van der Waals surface area contributed by atoms with Gasteiger partial charge in [0.1, 0.15) is 12.2 Å². The molecule has 0 aliphatic carbocycles. The zero-order valence-electron chi connectivity index (χ0n) is 40.2. The standard InChI is InChI=1S/C51H101O9P/c1-3-5-7-9-11-13-15-17-19-21-22-23-24-25-26-28-30-32-34-36-38-40-42-44-57-47-50(48-59-61(55,56)58-46-49(53)45-52)60-51(54)43-41-39-37-35-33-31-29-27-20-18-16-14-12-10-8-6-4-2/h18,20,49-50,52-53H,3-17,19,21-48H2,1-2H3,(H,55,56)/b20-18-. The van der Waals surface area contributed by atoms with E-state index in [1.807, 2.05) is 0 Å². The first-order valence-corrected chi connectivity index (χ1v) is 27.7. The average molecular weight is 889 g/mol. The predicted molar refractivity (Wildman–Crippen MR) is 256 cm³/mol. The Morgan fingerprint density at radius 1 is 0.492 bits per heavy atom. The highest BCUT2D eigenvalue weighted by atomic mass is 31.2. The molecule has 0 bridgehead atoms. The summed E-state index contributed by atoms with van der Waals surface area (Å²) in [6, 6.07) is 0. The third kappa shape index (κ3) is 48.5. The van der Waals surface area contributed by atoms with Gasteiger partial charge in [-0.05, 0) is 38.5 Å². The number of phosphoric acid groups is 1. The Labute approximate surface area is 377 Å². The van der Waals surface area contributed by atoms with Crippen molar-refractivity contribution in [3.05, 3.63) is 12.2 Å². The number of ether oxygens (including phenoxy) is 2. The minimum Gasteiger partial charge on any atom is -0.457 e. The summed E-state index contributed by atoms with van der Waals surface area (Å²) >= 11 is 0. The number of aliphatic hydroxyl groups is 2. The Bertz CT molecular complexity index is 964. The second-order valence-corrected chi connectivity index (χ2v) is 19.4. The Balaban J connectivity index is 4.00. The van der Waals surface area contributed by atoms with Crippen molar-refractivity contribution in [2.75, 3.05) is 33.0 Å². The molecule has 9 nitrogen and oxygen atoms in total. The fourth-order valence-electron chi connectivity index (χ4n) is 7.71. The highest BCUT2D eigenvalue weighted by Gasteiger charge is 2.26. The van der Waals surface area contributed by atoms with Crippen molar-refractivity contribution in [3.8, 4) is 0 Å². The number of carbonyl (C=O) groups excluding carboxylic acids is 1. The first-order chi connectivity index (χ1) is 29.8. The number of carbonyl (C=O) groups is 1. The minimum atomic E-state index is -4.52. The van der Waals surface area contributed by atoms with Crippen LogP contribution in [0.15, 0.2) is 12.2 Å². The highest BCUT2D eigenvalue weighted by molar-refractivity contribution is 7.47. The molecule has 0 aromatic heterocycles. The van der Waals surface area contributed by atoms with Gasteiger partial charge in [-0.2, -0.15) is 0 Å². The summed E-state index contributed by atoms with van der Waals surface area (Å²) in [4.78, 5) is 22.7. The van der Waals surface area contributed by atoms with E-state index in [-0.39, 0.29) is 25.6 Å². The van der Waals surface area contributed by atoms with Crippen molar-refractivity contribution in [1.82, 2.24) is 0 Å². The third-order valence-corrected chi connectivity index (χ3v) is 12.7. The number of hydrogen-bond donors (Lipinski definition) is 3. The molecule has 0 heterocycles. The van der Waals surface area contributed by atoms with Gasteiger partial charge in [-0.15, -0.1) is 0 Å². The molecular weight excluding hydrogens is 788 g/mol. The molecule has 0 amide bonds. The first-order valence-electron chi connectivity index (χ1n) is 26.2. The zero-order chi connectivity index (χ0) is 44.6. The van der Waals surface area contributed by atoms with Crippen LogP contribution in [0.25, 0.3) is 0 Å². The van der Waals surface area contributed by atoms with Crippen LogP contribution in [0.2, 0.25) is 0 Å². The van der Waals surface area contributed by atoms with Gasteiger partial charge in [0, 0.05) is 13.0 Å². The number of esters is 1. The van der Waals surface area contributed by atoms with Crippen LogP contribution in [0.1, 0.15) is 264 Å². The van der Waals surface area contributed by atoms with Crippen LogP contribution < -0.4 is 0 Å². The van der Waals surface area contributed by atoms with Crippen LogP contribution in [0, 0.1) is 0 Å². The number of unbranched alkanes of at least 4 members (excludes halogenated alkanes) is 35. The Morgan fingerprint density at radius 3 is 1.23 bits per heavy atom. The second kappa shape index (κ2) is 48.7. The summed E-state index contributed by atoms with van der Waals surface area (Å²) in [6.45, 7) is 3.58. The van der Waals surface area contributed by atoms with Crippen molar-refractivity contribution in [2.24, 2.45) is 0 Å². The molecule has 61 heavy (non-hydrogen) atoms. The Kier molecular flexibility index (Phi) is 48.0. The van der Waals surface area contributed by atoms with Crippen molar-refractivity contribution in [3.63, 3.8) is 0 Å². The van der Waals surface area contributed by atoms with Gasteiger partial charge in [0.2, 0.25) is 0 Å². The molecule has 0 aliphatic heterocycles.